The molecule has 1 aliphatic rings. The molecule has 0 radical (unpaired) electrons. The van der Waals surface area contributed by atoms with Crippen LogP contribution in [-0.4, -0.2) is 22.2 Å². The highest BCUT2D eigenvalue weighted by atomic mass is 16.5. The Kier molecular flexibility index (Phi) is 2.40. The maximum Gasteiger partial charge on any atom is 0.214 e. The third-order valence-corrected chi connectivity index (χ3v) is 3.35. The Morgan fingerprint density at radius 3 is 2.89 bits per heavy atom. The largest absolute Gasteiger partial charge is 0.364 e. The number of carbonyl (C=O) groups is 2. The van der Waals surface area contributed by atoms with Crippen molar-refractivity contribution in [2.45, 2.75) is 25.7 Å². The molecule has 2 aromatic rings. The van der Waals surface area contributed by atoms with Crippen LogP contribution < -0.4 is 0 Å². The van der Waals surface area contributed by atoms with E-state index in [1.54, 1.807) is 6.92 Å². The van der Waals surface area contributed by atoms with Crippen LogP contribution >= 0.6 is 0 Å². The second-order valence-corrected chi connectivity index (χ2v) is 4.59. The van der Waals surface area contributed by atoms with Gasteiger partial charge in [0, 0.05) is 11.3 Å². The standard InChI is InChI=1S/C13H12N2O3/c1-7-10(5-16)12(8-2-3-8)15-11(7)13(17)9-4-14-18-6-9/h4-6,8,15H,2-3H2,1H3. The lowest BCUT2D eigenvalue weighted by molar-refractivity contribution is 0.103. The van der Waals surface area contributed by atoms with Crippen LogP contribution in [0.5, 0.6) is 0 Å². The Morgan fingerprint density at radius 1 is 1.56 bits per heavy atom. The molecule has 18 heavy (non-hydrogen) atoms. The van der Waals surface area contributed by atoms with E-state index < -0.39 is 0 Å². The lowest BCUT2D eigenvalue weighted by Gasteiger charge is -1.95. The summed E-state index contributed by atoms with van der Waals surface area (Å²) in [6.07, 6.45) is 5.65. The van der Waals surface area contributed by atoms with Crippen LogP contribution in [0.3, 0.4) is 0 Å². The zero-order valence-electron chi connectivity index (χ0n) is 9.90. The van der Waals surface area contributed by atoms with Crippen molar-refractivity contribution in [2.24, 2.45) is 0 Å². The molecule has 0 spiro atoms. The van der Waals surface area contributed by atoms with Crippen LogP contribution in [0.2, 0.25) is 0 Å². The molecule has 92 valence electrons. The molecule has 0 bridgehead atoms. The van der Waals surface area contributed by atoms with Gasteiger partial charge in [-0.05, 0) is 31.2 Å². The summed E-state index contributed by atoms with van der Waals surface area (Å²) in [6, 6.07) is 0. The van der Waals surface area contributed by atoms with Crippen LogP contribution in [0.4, 0.5) is 0 Å². The van der Waals surface area contributed by atoms with E-state index >= 15 is 0 Å². The van der Waals surface area contributed by atoms with Gasteiger partial charge in [0.2, 0.25) is 5.78 Å². The van der Waals surface area contributed by atoms with Gasteiger partial charge in [0.25, 0.3) is 0 Å². The molecule has 1 saturated carbocycles. The highest BCUT2D eigenvalue weighted by Crippen LogP contribution is 2.42. The van der Waals surface area contributed by atoms with Crippen LogP contribution in [0.25, 0.3) is 0 Å². The molecule has 0 aliphatic heterocycles. The summed E-state index contributed by atoms with van der Waals surface area (Å²) in [5.74, 6) is 0.205. The quantitative estimate of drug-likeness (QED) is 0.661. The zero-order chi connectivity index (χ0) is 12.7. The summed E-state index contributed by atoms with van der Waals surface area (Å²) in [4.78, 5) is 26.4. The minimum atomic E-state index is -0.191. The number of H-pyrrole nitrogens is 1. The van der Waals surface area contributed by atoms with E-state index in [1.807, 2.05) is 0 Å². The number of aromatic amines is 1. The number of hydrogen-bond acceptors (Lipinski definition) is 4. The zero-order valence-corrected chi connectivity index (χ0v) is 9.90. The first-order valence-electron chi connectivity index (χ1n) is 5.84. The average Bonchev–Trinajstić information content (AvgIpc) is 2.96. The molecule has 0 amide bonds. The second-order valence-electron chi connectivity index (χ2n) is 4.59. The lowest BCUT2D eigenvalue weighted by atomic mass is 10.1. The Labute approximate surface area is 103 Å². The Balaban J connectivity index is 2.07. The van der Waals surface area contributed by atoms with Gasteiger partial charge < -0.3 is 9.51 Å². The first-order valence-corrected chi connectivity index (χ1v) is 5.84. The van der Waals surface area contributed by atoms with Crippen LogP contribution in [-0.2, 0) is 0 Å². The first-order chi connectivity index (χ1) is 8.72. The van der Waals surface area contributed by atoms with E-state index in [-0.39, 0.29) is 5.78 Å². The molecule has 1 fully saturated rings. The van der Waals surface area contributed by atoms with Crippen molar-refractivity contribution in [1.82, 2.24) is 10.1 Å². The summed E-state index contributed by atoms with van der Waals surface area (Å²) >= 11 is 0. The molecule has 1 aliphatic carbocycles. The van der Waals surface area contributed by atoms with Gasteiger partial charge in [-0.15, -0.1) is 0 Å². The van der Waals surface area contributed by atoms with Crippen LogP contribution in [0, 0.1) is 6.92 Å². The molecule has 0 aromatic carbocycles. The summed E-state index contributed by atoms with van der Waals surface area (Å²) < 4.78 is 4.67. The normalized spacial score (nSPS) is 14.7. The van der Waals surface area contributed by atoms with E-state index in [1.165, 1.54) is 12.5 Å². The van der Waals surface area contributed by atoms with E-state index in [2.05, 4.69) is 14.7 Å². The topological polar surface area (TPSA) is 76.0 Å². The maximum absolute atomic E-state index is 12.2. The number of ketones is 1. The number of nitrogens with one attached hydrogen (secondary N) is 1. The smallest absolute Gasteiger partial charge is 0.214 e. The molecule has 0 atom stereocenters. The van der Waals surface area contributed by atoms with Gasteiger partial charge in [0.15, 0.2) is 6.29 Å². The minimum absolute atomic E-state index is 0.191. The second kappa shape index (κ2) is 3.94. The fourth-order valence-corrected chi connectivity index (χ4v) is 2.17. The van der Waals surface area contributed by atoms with Crippen molar-refractivity contribution in [3.8, 4) is 0 Å². The highest BCUT2D eigenvalue weighted by Gasteiger charge is 2.31. The molecule has 0 unspecified atom stereocenters. The number of rotatable bonds is 4. The molecule has 0 saturated heterocycles. The Bertz CT molecular complexity index is 606. The van der Waals surface area contributed by atoms with E-state index in [0.717, 1.165) is 24.8 Å². The van der Waals surface area contributed by atoms with Crippen molar-refractivity contribution in [3.05, 3.63) is 40.5 Å². The van der Waals surface area contributed by atoms with Gasteiger partial charge in [-0.1, -0.05) is 5.16 Å². The number of nitrogens with zero attached hydrogens (tertiary/aromatic N) is 1. The average molecular weight is 244 g/mol. The lowest BCUT2D eigenvalue weighted by Crippen LogP contribution is -2.02. The molecule has 5 nitrogen and oxygen atoms in total. The van der Waals surface area contributed by atoms with Crippen molar-refractivity contribution in [3.63, 3.8) is 0 Å². The highest BCUT2D eigenvalue weighted by molar-refractivity contribution is 6.09. The van der Waals surface area contributed by atoms with Gasteiger partial charge in [-0.2, -0.15) is 0 Å². The van der Waals surface area contributed by atoms with Crippen molar-refractivity contribution >= 4 is 12.1 Å². The number of carbonyl (C=O) groups excluding carboxylic acids is 2. The molecular formula is C13H12N2O3. The third kappa shape index (κ3) is 1.59. The van der Waals surface area contributed by atoms with Gasteiger partial charge in [-0.3, -0.25) is 9.59 Å². The number of hydrogen-bond donors (Lipinski definition) is 1. The van der Waals surface area contributed by atoms with E-state index in [4.69, 9.17) is 0 Å². The Morgan fingerprint density at radius 2 is 2.33 bits per heavy atom. The molecule has 3 rings (SSSR count). The SMILES string of the molecule is Cc1c(C(=O)c2cnoc2)[nH]c(C2CC2)c1C=O. The molecular weight excluding hydrogens is 232 g/mol. The number of aromatic nitrogens is 2. The van der Waals surface area contributed by atoms with Crippen LogP contribution in [0.1, 0.15) is 56.4 Å². The minimum Gasteiger partial charge on any atom is -0.364 e. The van der Waals surface area contributed by atoms with Gasteiger partial charge >= 0.3 is 0 Å². The van der Waals surface area contributed by atoms with Crippen LogP contribution in [0.15, 0.2) is 17.0 Å². The molecule has 1 N–H and O–H groups in total. The monoisotopic (exact) mass is 244 g/mol. The molecule has 5 heteroatoms. The fourth-order valence-electron chi connectivity index (χ4n) is 2.17. The molecule has 2 aromatic heterocycles. The predicted molar refractivity (Wildman–Crippen MR) is 62.8 cm³/mol. The van der Waals surface area contributed by atoms with Gasteiger partial charge in [0.1, 0.15) is 6.26 Å². The van der Waals surface area contributed by atoms with Crippen molar-refractivity contribution < 1.29 is 14.1 Å². The van der Waals surface area contributed by atoms with Crippen molar-refractivity contribution in [1.29, 1.82) is 0 Å². The van der Waals surface area contributed by atoms with Gasteiger partial charge in [-0.25, -0.2) is 0 Å². The van der Waals surface area contributed by atoms with E-state index in [9.17, 15) is 9.59 Å². The van der Waals surface area contributed by atoms with E-state index in [0.29, 0.717) is 28.3 Å². The maximum atomic E-state index is 12.2. The predicted octanol–water partition coefficient (Wildman–Crippen LogP) is 2.23. The summed E-state index contributed by atoms with van der Waals surface area (Å²) in [5.41, 5.74) is 3.07. The van der Waals surface area contributed by atoms with Crippen molar-refractivity contribution in [2.75, 3.05) is 0 Å². The molecule has 2 heterocycles. The summed E-state index contributed by atoms with van der Waals surface area (Å²) in [6.45, 7) is 1.78. The van der Waals surface area contributed by atoms with Gasteiger partial charge in [0.05, 0.1) is 17.5 Å². The summed E-state index contributed by atoms with van der Waals surface area (Å²) in [5, 5.41) is 3.52. The fraction of sp³-hybridized carbons (Fsp3) is 0.308. The Hall–Kier alpha value is -2.17. The summed E-state index contributed by atoms with van der Waals surface area (Å²) in [7, 11) is 0. The first kappa shape index (κ1) is 11.0. The third-order valence-electron chi connectivity index (χ3n) is 3.35. The number of aldehydes is 1.